The second-order valence-electron chi connectivity index (χ2n) is 4.78. The lowest BCUT2D eigenvalue weighted by atomic mass is 9.80. The summed E-state index contributed by atoms with van der Waals surface area (Å²) in [5, 5.41) is 4.39. The molecule has 2 atom stereocenters. The minimum absolute atomic E-state index is 0.685. The summed E-state index contributed by atoms with van der Waals surface area (Å²) in [5.74, 6) is 1.44. The number of piperidine rings is 1. The summed E-state index contributed by atoms with van der Waals surface area (Å²) in [7, 11) is 0. The average Bonchev–Trinajstić information content (AvgIpc) is 2.32. The van der Waals surface area contributed by atoms with Crippen LogP contribution in [0.5, 0.6) is 0 Å². The first-order valence-corrected chi connectivity index (χ1v) is 6.57. The van der Waals surface area contributed by atoms with Crippen molar-refractivity contribution in [3.8, 4) is 0 Å². The molecule has 1 fully saturated rings. The highest BCUT2D eigenvalue weighted by Gasteiger charge is 2.24. The Balaban J connectivity index is 2.23. The summed E-state index contributed by atoms with van der Waals surface area (Å²) in [6.45, 7) is 6.62. The van der Waals surface area contributed by atoms with E-state index in [2.05, 4.69) is 37.4 Å². The van der Waals surface area contributed by atoms with Crippen LogP contribution in [0.3, 0.4) is 0 Å². The molecule has 0 spiro atoms. The lowest BCUT2D eigenvalue weighted by Gasteiger charge is -2.32. The van der Waals surface area contributed by atoms with Crippen LogP contribution in [-0.4, -0.2) is 13.1 Å². The molecule has 1 saturated heterocycles. The second kappa shape index (κ2) is 5.20. The van der Waals surface area contributed by atoms with E-state index in [1.54, 1.807) is 0 Å². The fraction of sp³-hybridized carbons (Fsp3) is 0.571. The van der Waals surface area contributed by atoms with E-state index >= 15 is 0 Å². The third kappa shape index (κ3) is 2.41. The van der Waals surface area contributed by atoms with Crippen LogP contribution >= 0.6 is 11.6 Å². The zero-order valence-corrected chi connectivity index (χ0v) is 10.8. The van der Waals surface area contributed by atoms with E-state index in [-0.39, 0.29) is 0 Å². The Kier molecular flexibility index (Phi) is 3.88. The van der Waals surface area contributed by atoms with Gasteiger partial charge in [-0.05, 0) is 55.5 Å². The molecule has 1 aromatic carbocycles. The van der Waals surface area contributed by atoms with Crippen molar-refractivity contribution in [3.63, 3.8) is 0 Å². The van der Waals surface area contributed by atoms with Crippen LogP contribution in [0.1, 0.15) is 36.8 Å². The molecule has 0 aliphatic carbocycles. The van der Waals surface area contributed by atoms with Crippen LogP contribution in [0.25, 0.3) is 0 Å². The standard InChI is InChI=1S/C14H20ClN/c1-3-11-9-16-7-6-13(11)12-5-4-10(2)14(15)8-12/h4-5,8,11,13,16H,3,6-7,9H2,1-2H3. The topological polar surface area (TPSA) is 12.0 Å². The fourth-order valence-electron chi connectivity index (χ4n) is 2.63. The van der Waals surface area contributed by atoms with Gasteiger partial charge in [0.05, 0.1) is 0 Å². The van der Waals surface area contributed by atoms with Crippen molar-refractivity contribution in [1.82, 2.24) is 5.32 Å². The van der Waals surface area contributed by atoms with E-state index in [4.69, 9.17) is 11.6 Å². The summed E-state index contributed by atoms with van der Waals surface area (Å²) < 4.78 is 0. The Hall–Kier alpha value is -0.530. The normalized spacial score (nSPS) is 25.7. The van der Waals surface area contributed by atoms with Crippen molar-refractivity contribution in [1.29, 1.82) is 0 Å². The molecule has 2 unspecified atom stereocenters. The fourth-order valence-corrected chi connectivity index (χ4v) is 2.82. The minimum atomic E-state index is 0.685. The van der Waals surface area contributed by atoms with Crippen LogP contribution < -0.4 is 5.32 Å². The van der Waals surface area contributed by atoms with Crippen LogP contribution in [0, 0.1) is 12.8 Å². The average molecular weight is 238 g/mol. The summed E-state index contributed by atoms with van der Waals surface area (Å²) in [6.07, 6.45) is 2.47. The molecule has 2 rings (SSSR count). The molecular formula is C14H20ClN. The molecule has 0 amide bonds. The molecule has 0 saturated carbocycles. The highest BCUT2D eigenvalue weighted by Crippen LogP contribution is 2.33. The summed E-state index contributed by atoms with van der Waals surface area (Å²) >= 11 is 6.21. The Morgan fingerprint density at radius 1 is 1.44 bits per heavy atom. The number of aryl methyl sites for hydroxylation is 1. The molecule has 2 heteroatoms. The lowest BCUT2D eigenvalue weighted by Crippen LogP contribution is -2.35. The van der Waals surface area contributed by atoms with Gasteiger partial charge in [0.2, 0.25) is 0 Å². The number of hydrogen-bond donors (Lipinski definition) is 1. The minimum Gasteiger partial charge on any atom is -0.316 e. The van der Waals surface area contributed by atoms with Gasteiger partial charge in [0.1, 0.15) is 0 Å². The van der Waals surface area contributed by atoms with E-state index in [0.29, 0.717) is 5.92 Å². The van der Waals surface area contributed by atoms with Crippen molar-refractivity contribution < 1.29 is 0 Å². The smallest absolute Gasteiger partial charge is 0.0438 e. The molecule has 1 N–H and O–H groups in total. The van der Waals surface area contributed by atoms with Crippen LogP contribution in [0.4, 0.5) is 0 Å². The van der Waals surface area contributed by atoms with Gasteiger partial charge < -0.3 is 5.32 Å². The van der Waals surface area contributed by atoms with E-state index in [1.165, 1.54) is 24.0 Å². The Bertz CT molecular complexity index is 362. The van der Waals surface area contributed by atoms with Crippen molar-refractivity contribution in [3.05, 3.63) is 34.3 Å². The molecule has 88 valence electrons. The highest BCUT2D eigenvalue weighted by atomic mass is 35.5. The van der Waals surface area contributed by atoms with Crippen LogP contribution in [0.2, 0.25) is 5.02 Å². The van der Waals surface area contributed by atoms with Crippen molar-refractivity contribution >= 4 is 11.6 Å². The van der Waals surface area contributed by atoms with Gasteiger partial charge in [-0.15, -0.1) is 0 Å². The van der Waals surface area contributed by atoms with Gasteiger partial charge in [-0.3, -0.25) is 0 Å². The van der Waals surface area contributed by atoms with E-state index in [0.717, 1.165) is 24.0 Å². The highest BCUT2D eigenvalue weighted by molar-refractivity contribution is 6.31. The third-order valence-electron chi connectivity index (χ3n) is 3.76. The Labute approximate surface area is 103 Å². The molecule has 1 heterocycles. The maximum Gasteiger partial charge on any atom is 0.0438 e. The quantitative estimate of drug-likeness (QED) is 0.826. The molecule has 1 aromatic rings. The van der Waals surface area contributed by atoms with Gasteiger partial charge in [0.25, 0.3) is 0 Å². The largest absolute Gasteiger partial charge is 0.316 e. The molecule has 1 aliphatic rings. The first-order chi connectivity index (χ1) is 7.72. The zero-order valence-electron chi connectivity index (χ0n) is 10.1. The molecule has 16 heavy (non-hydrogen) atoms. The molecule has 1 nitrogen and oxygen atoms in total. The van der Waals surface area contributed by atoms with E-state index < -0.39 is 0 Å². The second-order valence-corrected chi connectivity index (χ2v) is 5.18. The molecular weight excluding hydrogens is 218 g/mol. The molecule has 0 aromatic heterocycles. The predicted octanol–water partition coefficient (Wildman–Crippen LogP) is 3.75. The van der Waals surface area contributed by atoms with E-state index in [9.17, 15) is 0 Å². The number of nitrogens with one attached hydrogen (secondary N) is 1. The summed E-state index contributed by atoms with van der Waals surface area (Å²) in [4.78, 5) is 0. The van der Waals surface area contributed by atoms with Crippen molar-refractivity contribution in [2.24, 2.45) is 5.92 Å². The lowest BCUT2D eigenvalue weighted by molar-refractivity contribution is 0.318. The number of rotatable bonds is 2. The molecule has 0 bridgehead atoms. The molecule has 0 radical (unpaired) electrons. The van der Waals surface area contributed by atoms with Gasteiger partial charge in [0.15, 0.2) is 0 Å². The summed E-state index contributed by atoms with van der Waals surface area (Å²) in [5.41, 5.74) is 2.59. The van der Waals surface area contributed by atoms with Gasteiger partial charge in [-0.1, -0.05) is 37.1 Å². The monoisotopic (exact) mass is 237 g/mol. The zero-order chi connectivity index (χ0) is 11.5. The first-order valence-electron chi connectivity index (χ1n) is 6.19. The van der Waals surface area contributed by atoms with Crippen LogP contribution in [0.15, 0.2) is 18.2 Å². The van der Waals surface area contributed by atoms with Gasteiger partial charge in [0, 0.05) is 5.02 Å². The van der Waals surface area contributed by atoms with Crippen molar-refractivity contribution in [2.75, 3.05) is 13.1 Å². The third-order valence-corrected chi connectivity index (χ3v) is 4.16. The van der Waals surface area contributed by atoms with Gasteiger partial charge in [-0.25, -0.2) is 0 Å². The molecule has 1 aliphatic heterocycles. The van der Waals surface area contributed by atoms with Crippen LogP contribution in [-0.2, 0) is 0 Å². The maximum atomic E-state index is 6.21. The van der Waals surface area contributed by atoms with Crippen molar-refractivity contribution in [2.45, 2.75) is 32.6 Å². The Morgan fingerprint density at radius 3 is 2.94 bits per heavy atom. The number of hydrogen-bond acceptors (Lipinski definition) is 1. The predicted molar refractivity (Wildman–Crippen MR) is 70.2 cm³/mol. The SMILES string of the molecule is CCC1CNCCC1c1ccc(C)c(Cl)c1. The number of halogens is 1. The van der Waals surface area contributed by atoms with Gasteiger partial charge >= 0.3 is 0 Å². The maximum absolute atomic E-state index is 6.21. The van der Waals surface area contributed by atoms with Gasteiger partial charge in [-0.2, -0.15) is 0 Å². The summed E-state index contributed by atoms with van der Waals surface area (Å²) in [6, 6.07) is 6.56. The number of benzene rings is 1. The van der Waals surface area contributed by atoms with E-state index in [1.807, 2.05) is 0 Å². The first kappa shape index (κ1) is 11.9. The Morgan fingerprint density at radius 2 is 2.25 bits per heavy atom.